The molecule has 0 saturated heterocycles. The van der Waals surface area contributed by atoms with Gasteiger partial charge in [0.1, 0.15) is 0 Å². The second kappa shape index (κ2) is 4.32. The van der Waals surface area contributed by atoms with E-state index in [9.17, 15) is 0 Å². The molecule has 2 rings (SSSR count). The van der Waals surface area contributed by atoms with Crippen LogP contribution in [0, 0.1) is 0 Å². The first kappa shape index (κ1) is 9.99. The molecular formula is C13H16N2. The summed E-state index contributed by atoms with van der Waals surface area (Å²) in [7, 11) is 0. The average Bonchev–Trinajstić information content (AvgIpc) is 2.59. The van der Waals surface area contributed by atoms with E-state index in [1.807, 2.05) is 12.2 Å². The number of anilines is 1. The van der Waals surface area contributed by atoms with Crippen LogP contribution in [0.5, 0.6) is 0 Å². The maximum atomic E-state index is 3.80. The van der Waals surface area contributed by atoms with Crippen molar-refractivity contribution in [3.63, 3.8) is 0 Å². The van der Waals surface area contributed by atoms with Crippen LogP contribution in [-0.4, -0.2) is 18.1 Å². The highest BCUT2D eigenvalue weighted by Crippen LogP contribution is 2.30. The molecule has 1 aromatic rings. The molecule has 1 aliphatic heterocycles. The molecule has 1 aromatic carbocycles. The molecule has 15 heavy (non-hydrogen) atoms. The van der Waals surface area contributed by atoms with E-state index in [0.717, 1.165) is 19.6 Å². The van der Waals surface area contributed by atoms with Gasteiger partial charge in [-0.05, 0) is 11.6 Å². The molecule has 0 aliphatic carbocycles. The SMILES string of the molecule is C=CCN1Cc2ccccc2N1CC=C. The highest BCUT2D eigenvalue weighted by atomic mass is 15.6. The van der Waals surface area contributed by atoms with Crippen LogP contribution in [0.25, 0.3) is 0 Å². The van der Waals surface area contributed by atoms with E-state index in [-0.39, 0.29) is 0 Å². The summed E-state index contributed by atoms with van der Waals surface area (Å²) in [5, 5.41) is 4.53. The van der Waals surface area contributed by atoms with Gasteiger partial charge >= 0.3 is 0 Å². The lowest BCUT2D eigenvalue weighted by atomic mass is 10.2. The second-order valence-corrected chi connectivity index (χ2v) is 3.64. The van der Waals surface area contributed by atoms with Gasteiger partial charge in [-0.1, -0.05) is 30.4 Å². The van der Waals surface area contributed by atoms with E-state index in [1.54, 1.807) is 0 Å². The second-order valence-electron chi connectivity index (χ2n) is 3.64. The number of fused-ring (bicyclic) bond motifs is 1. The Hall–Kier alpha value is -1.54. The van der Waals surface area contributed by atoms with Gasteiger partial charge in [0, 0.05) is 13.1 Å². The average molecular weight is 200 g/mol. The van der Waals surface area contributed by atoms with E-state index in [2.05, 4.69) is 47.4 Å². The van der Waals surface area contributed by atoms with Crippen molar-refractivity contribution in [2.75, 3.05) is 18.1 Å². The number of hydrogen-bond donors (Lipinski definition) is 0. The van der Waals surface area contributed by atoms with Crippen LogP contribution in [0.2, 0.25) is 0 Å². The smallest absolute Gasteiger partial charge is 0.0571 e. The quantitative estimate of drug-likeness (QED) is 0.689. The van der Waals surface area contributed by atoms with Crippen LogP contribution in [0.15, 0.2) is 49.6 Å². The topological polar surface area (TPSA) is 6.48 Å². The van der Waals surface area contributed by atoms with Crippen molar-refractivity contribution in [3.05, 3.63) is 55.1 Å². The minimum atomic E-state index is 0.852. The Kier molecular flexibility index (Phi) is 2.88. The van der Waals surface area contributed by atoms with E-state index in [0.29, 0.717) is 0 Å². The minimum Gasteiger partial charge on any atom is -0.301 e. The molecule has 1 heterocycles. The largest absolute Gasteiger partial charge is 0.301 e. The van der Waals surface area contributed by atoms with Crippen molar-refractivity contribution in [2.24, 2.45) is 0 Å². The molecule has 2 heteroatoms. The lowest BCUT2D eigenvalue weighted by Crippen LogP contribution is -2.37. The van der Waals surface area contributed by atoms with Crippen LogP contribution in [-0.2, 0) is 6.54 Å². The van der Waals surface area contributed by atoms with Gasteiger partial charge in [-0.2, -0.15) is 0 Å². The van der Waals surface area contributed by atoms with E-state index in [1.165, 1.54) is 11.3 Å². The molecule has 0 bridgehead atoms. The monoisotopic (exact) mass is 200 g/mol. The molecule has 0 unspecified atom stereocenters. The zero-order valence-electron chi connectivity index (χ0n) is 8.89. The number of para-hydroxylation sites is 1. The third-order valence-corrected chi connectivity index (χ3v) is 2.61. The zero-order valence-corrected chi connectivity index (χ0v) is 8.89. The number of rotatable bonds is 4. The summed E-state index contributed by atoms with van der Waals surface area (Å²) in [5.41, 5.74) is 2.67. The van der Waals surface area contributed by atoms with Crippen LogP contribution < -0.4 is 5.01 Å². The Morgan fingerprint density at radius 3 is 2.60 bits per heavy atom. The first-order chi connectivity index (χ1) is 7.36. The van der Waals surface area contributed by atoms with Crippen LogP contribution in [0.1, 0.15) is 5.56 Å². The van der Waals surface area contributed by atoms with Crippen LogP contribution in [0.3, 0.4) is 0 Å². The summed E-state index contributed by atoms with van der Waals surface area (Å²) in [4.78, 5) is 0. The molecule has 0 amide bonds. The van der Waals surface area contributed by atoms with Crippen LogP contribution in [0.4, 0.5) is 5.69 Å². The normalized spacial score (nSPS) is 15.1. The molecule has 0 atom stereocenters. The Morgan fingerprint density at radius 1 is 1.13 bits per heavy atom. The first-order valence-electron chi connectivity index (χ1n) is 5.19. The fraction of sp³-hybridized carbons (Fsp3) is 0.231. The first-order valence-corrected chi connectivity index (χ1v) is 5.19. The van der Waals surface area contributed by atoms with Crippen molar-refractivity contribution < 1.29 is 0 Å². The highest BCUT2D eigenvalue weighted by Gasteiger charge is 2.24. The Balaban J connectivity index is 2.28. The summed E-state index contributed by atoms with van der Waals surface area (Å²) in [6.45, 7) is 10.3. The summed E-state index contributed by atoms with van der Waals surface area (Å²) in [6.07, 6.45) is 3.86. The number of benzene rings is 1. The molecular weight excluding hydrogens is 184 g/mol. The predicted molar refractivity (Wildman–Crippen MR) is 64.6 cm³/mol. The van der Waals surface area contributed by atoms with E-state index < -0.39 is 0 Å². The van der Waals surface area contributed by atoms with Gasteiger partial charge in [0.2, 0.25) is 0 Å². The van der Waals surface area contributed by atoms with E-state index in [4.69, 9.17) is 0 Å². The van der Waals surface area contributed by atoms with Crippen LogP contribution >= 0.6 is 0 Å². The molecule has 1 aliphatic rings. The third kappa shape index (κ3) is 1.81. The Bertz CT molecular complexity index is 371. The summed E-state index contributed by atoms with van der Waals surface area (Å²) in [6, 6.07) is 8.49. The fourth-order valence-corrected chi connectivity index (χ4v) is 1.98. The van der Waals surface area contributed by atoms with Gasteiger partial charge < -0.3 is 5.01 Å². The molecule has 0 fully saturated rings. The van der Waals surface area contributed by atoms with Gasteiger partial charge in [-0.3, -0.25) is 0 Å². The number of nitrogens with zero attached hydrogens (tertiary/aromatic N) is 2. The molecule has 0 spiro atoms. The molecule has 2 nitrogen and oxygen atoms in total. The highest BCUT2D eigenvalue weighted by molar-refractivity contribution is 5.56. The maximum Gasteiger partial charge on any atom is 0.0571 e. The number of hydrazine groups is 1. The lowest BCUT2D eigenvalue weighted by molar-refractivity contribution is 0.300. The molecule has 0 aromatic heterocycles. The van der Waals surface area contributed by atoms with Crippen molar-refractivity contribution in [1.82, 2.24) is 5.01 Å². The van der Waals surface area contributed by atoms with Gasteiger partial charge in [-0.15, -0.1) is 13.2 Å². The third-order valence-electron chi connectivity index (χ3n) is 2.61. The lowest BCUT2D eigenvalue weighted by Gasteiger charge is -2.28. The Morgan fingerprint density at radius 2 is 1.87 bits per heavy atom. The van der Waals surface area contributed by atoms with Crippen molar-refractivity contribution in [3.8, 4) is 0 Å². The molecule has 0 N–H and O–H groups in total. The van der Waals surface area contributed by atoms with E-state index >= 15 is 0 Å². The molecule has 78 valence electrons. The standard InChI is InChI=1S/C13H16N2/c1-3-9-14-11-12-7-5-6-8-13(12)15(14)10-4-2/h3-8H,1-2,9-11H2. The fourth-order valence-electron chi connectivity index (χ4n) is 1.98. The summed E-state index contributed by atoms with van der Waals surface area (Å²) >= 11 is 0. The maximum absolute atomic E-state index is 3.80. The van der Waals surface area contributed by atoms with Crippen molar-refractivity contribution in [1.29, 1.82) is 0 Å². The van der Waals surface area contributed by atoms with Gasteiger partial charge in [0.15, 0.2) is 0 Å². The summed E-state index contributed by atoms with van der Waals surface area (Å²) < 4.78 is 0. The van der Waals surface area contributed by atoms with Crippen molar-refractivity contribution >= 4 is 5.69 Å². The summed E-state index contributed by atoms with van der Waals surface area (Å²) in [5.74, 6) is 0. The minimum absolute atomic E-state index is 0.852. The van der Waals surface area contributed by atoms with Crippen molar-refractivity contribution in [2.45, 2.75) is 6.54 Å². The van der Waals surface area contributed by atoms with Gasteiger partial charge in [0.25, 0.3) is 0 Å². The van der Waals surface area contributed by atoms with Gasteiger partial charge in [0.05, 0.1) is 12.2 Å². The Labute approximate surface area is 91.1 Å². The zero-order chi connectivity index (χ0) is 10.7. The molecule has 0 radical (unpaired) electrons. The van der Waals surface area contributed by atoms with Gasteiger partial charge in [-0.25, -0.2) is 5.01 Å². The number of hydrogen-bond acceptors (Lipinski definition) is 2. The predicted octanol–water partition coefficient (Wildman–Crippen LogP) is 2.60. The molecule has 0 saturated carbocycles.